The Hall–Kier alpha value is -1.92. The molecule has 0 saturated carbocycles. The molecule has 1 amide bonds. The minimum Gasteiger partial charge on any atom is -0.375 e. The van der Waals surface area contributed by atoms with Gasteiger partial charge in [-0.2, -0.15) is 0 Å². The quantitative estimate of drug-likeness (QED) is 0.749. The maximum absolute atomic E-state index is 12.1. The van der Waals surface area contributed by atoms with Gasteiger partial charge in [0.1, 0.15) is 6.04 Å². The number of nitrogens with zero attached hydrogens (tertiary/aromatic N) is 1. The number of hydrogen-bond acceptors (Lipinski definition) is 4. The molecule has 3 rings (SSSR count). The number of para-hydroxylation sites is 2. The summed E-state index contributed by atoms with van der Waals surface area (Å²) in [5.41, 5.74) is 1.73. The van der Waals surface area contributed by atoms with E-state index in [2.05, 4.69) is 20.6 Å². The van der Waals surface area contributed by atoms with Gasteiger partial charge in [0.15, 0.2) is 0 Å². The number of carbonyl (C=O) groups excluding carboxylic acids is 1. The first-order valence-electron chi connectivity index (χ1n) is 6.34. The zero-order valence-electron chi connectivity index (χ0n) is 10.6. The van der Waals surface area contributed by atoms with Crippen LogP contribution < -0.4 is 10.6 Å². The lowest BCUT2D eigenvalue weighted by molar-refractivity contribution is -0.123. The third-order valence-corrected chi connectivity index (χ3v) is 3.23. The van der Waals surface area contributed by atoms with Crippen LogP contribution in [0.3, 0.4) is 0 Å². The second-order valence-corrected chi connectivity index (χ2v) is 4.60. The van der Waals surface area contributed by atoms with Crippen LogP contribution in [0.15, 0.2) is 24.3 Å². The predicted molar refractivity (Wildman–Crippen MR) is 71.9 cm³/mol. The second kappa shape index (κ2) is 4.99. The Bertz CT molecular complexity index is 562. The standard InChI is InChI=1S/C13H16N4O2/c1-8-11(14-6-7-19-8)12(18)17-13-15-9-4-2-3-5-10(9)16-13/h2-5,8,11,14H,6-7H2,1H3,(H2,15,16,17,18)/t8-,11+/m1/s1. The van der Waals surface area contributed by atoms with E-state index in [0.29, 0.717) is 19.1 Å². The minimum absolute atomic E-state index is 0.133. The van der Waals surface area contributed by atoms with E-state index in [9.17, 15) is 4.79 Å². The Labute approximate surface area is 110 Å². The number of H-pyrrole nitrogens is 1. The summed E-state index contributed by atoms with van der Waals surface area (Å²) in [5, 5.41) is 5.93. The molecule has 1 saturated heterocycles. The lowest BCUT2D eigenvalue weighted by atomic mass is 10.1. The molecule has 100 valence electrons. The van der Waals surface area contributed by atoms with Crippen molar-refractivity contribution in [3.05, 3.63) is 24.3 Å². The van der Waals surface area contributed by atoms with Gasteiger partial charge in [-0.25, -0.2) is 4.98 Å². The summed E-state index contributed by atoms with van der Waals surface area (Å²) >= 11 is 0. The zero-order chi connectivity index (χ0) is 13.2. The Morgan fingerprint density at radius 1 is 1.47 bits per heavy atom. The highest BCUT2D eigenvalue weighted by molar-refractivity contribution is 5.95. The van der Waals surface area contributed by atoms with Gasteiger partial charge in [0.05, 0.1) is 23.7 Å². The van der Waals surface area contributed by atoms with Crippen LogP contribution in [0.1, 0.15) is 6.92 Å². The smallest absolute Gasteiger partial charge is 0.246 e. The fourth-order valence-corrected chi connectivity index (χ4v) is 2.23. The molecule has 1 aromatic carbocycles. The van der Waals surface area contributed by atoms with Crippen molar-refractivity contribution in [1.29, 1.82) is 0 Å². The highest BCUT2D eigenvalue weighted by atomic mass is 16.5. The van der Waals surface area contributed by atoms with E-state index in [1.165, 1.54) is 0 Å². The molecule has 1 aliphatic rings. The normalized spacial score (nSPS) is 23.4. The molecule has 0 spiro atoms. The highest BCUT2D eigenvalue weighted by Crippen LogP contribution is 2.14. The molecule has 2 aromatic rings. The van der Waals surface area contributed by atoms with Crippen LogP contribution in [0.5, 0.6) is 0 Å². The van der Waals surface area contributed by atoms with Crippen molar-refractivity contribution in [3.63, 3.8) is 0 Å². The van der Waals surface area contributed by atoms with Gasteiger partial charge in [-0.05, 0) is 19.1 Å². The summed E-state index contributed by atoms with van der Waals surface area (Å²) in [6.45, 7) is 3.20. The number of aromatic nitrogens is 2. The largest absolute Gasteiger partial charge is 0.375 e. The fraction of sp³-hybridized carbons (Fsp3) is 0.385. The lowest BCUT2D eigenvalue weighted by Gasteiger charge is -2.28. The van der Waals surface area contributed by atoms with E-state index in [1.807, 2.05) is 31.2 Å². The first-order chi connectivity index (χ1) is 9.24. The molecule has 1 fully saturated rings. The monoisotopic (exact) mass is 260 g/mol. The number of carbonyl (C=O) groups is 1. The van der Waals surface area contributed by atoms with Crippen molar-refractivity contribution in [1.82, 2.24) is 15.3 Å². The first kappa shape index (κ1) is 12.1. The van der Waals surface area contributed by atoms with Crippen LogP contribution in [0.4, 0.5) is 5.95 Å². The zero-order valence-corrected chi connectivity index (χ0v) is 10.6. The third-order valence-electron chi connectivity index (χ3n) is 3.23. The number of rotatable bonds is 2. The van der Waals surface area contributed by atoms with Crippen molar-refractivity contribution in [2.24, 2.45) is 0 Å². The van der Waals surface area contributed by atoms with E-state index in [1.54, 1.807) is 0 Å². The molecular weight excluding hydrogens is 244 g/mol. The van der Waals surface area contributed by atoms with E-state index in [4.69, 9.17) is 4.74 Å². The van der Waals surface area contributed by atoms with Gasteiger partial charge in [0.25, 0.3) is 0 Å². The summed E-state index contributed by atoms with van der Waals surface area (Å²) in [7, 11) is 0. The maximum atomic E-state index is 12.1. The molecular formula is C13H16N4O2. The molecule has 1 aromatic heterocycles. The second-order valence-electron chi connectivity index (χ2n) is 4.60. The number of benzene rings is 1. The van der Waals surface area contributed by atoms with Crippen LogP contribution in [0.25, 0.3) is 11.0 Å². The molecule has 3 N–H and O–H groups in total. The molecule has 2 heterocycles. The average molecular weight is 260 g/mol. The van der Waals surface area contributed by atoms with Crippen LogP contribution in [-0.4, -0.2) is 41.2 Å². The van der Waals surface area contributed by atoms with Gasteiger partial charge >= 0.3 is 0 Å². The van der Waals surface area contributed by atoms with E-state index < -0.39 is 0 Å². The SMILES string of the molecule is C[C@H]1OCCN[C@@H]1C(=O)Nc1nc2ccccc2[nH]1. The number of nitrogens with one attached hydrogen (secondary N) is 3. The van der Waals surface area contributed by atoms with Gasteiger partial charge in [-0.1, -0.05) is 12.1 Å². The molecule has 6 nitrogen and oxygen atoms in total. The Balaban J connectivity index is 1.75. The summed E-state index contributed by atoms with van der Waals surface area (Å²) in [5.74, 6) is 0.331. The van der Waals surface area contributed by atoms with Gasteiger partial charge in [-0.15, -0.1) is 0 Å². The highest BCUT2D eigenvalue weighted by Gasteiger charge is 2.28. The molecule has 19 heavy (non-hydrogen) atoms. The number of anilines is 1. The number of aromatic amines is 1. The summed E-state index contributed by atoms with van der Waals surface area (Å²) in [6.07, 6.45) is -0.141. The fourth-order valence-electron chi connectivity index (χ4n) is 2.23. The van der Waals surface area contributed by atoms with E-state index in [0.717, 1.165) is 11.0 Å². The van der Waals surface area contributed by atoms with Crippen molar-refractivity contribution in [2.75, 3.05) is 18.5 Å². The molecule has 0 unspecified atom stereocenters. The topological polar surface area (TPSA) is 79.0 Å². The first-order valence-corrected chi connectivity index (χ1v) is 6.34. The average Bonchev–Trinajstić information content (AvgIpc) is 2.81. The van der Waals surface area contributed by atoms with Crippen LogP contribution in [-0.2, 0) is 9.53 Å². The van der Waals surface area contributed by atoms with E-state index in [-0.39, 0.29) is 18.1 Å². The molecule has 0 aliphatic carbocycles. The number of hydrogen-bond donors (Lipinski definition) is 3. The Morgan fingerprint density at radius 2 is 2.32 bits per heavy atom. The molecule has 0 bridgehead atoms. The predicted octanol–water partition coefficient (Wildman–Crippen LogP) is 0.878. The number of morpholine rings is 1. The minimum atomic E-state index is -0.345. The molecule has 1 aliphatic heterocycles. The number of amides is 1. The lowest BCUT2D eigenvalue weighted by Crippen LogP contribution is -2.53. The van der Waals surface area contributed by atoms with Crippen molar-refractivity contribution < 1.29 is 9.53 Å². The number of fused-ring (bicyclic) bond motifs is 1. The molecule has 2 atom stereocenters. The van der Waals surface area contributed by atoms with Crippen molar-refractivity contribution >= 4 is 22.9 Å². The van der Waals surface area contributed by atoms with Gasteiger partial charge in [0, 0.05) is 6.54 Å². The summed E-state index contributed by atoms with van der Waals surface area (Å²) in [6, 6.07) is 7.30. The van der Waals surface area contributed by atoms with Gasteiger partial charge in [-0.3, -0.25) is 10.1 Å². The summed E-state index contributed by atoms with van der Waals surface area (Å²) < 4.78 is 5.45. The summed E-state index contributed by atoms with van der Waals surface area (Å²) in [4.78, 5) is 19.5. The Morgan fingerprint density at radius 3 is 3.11 bits per heavy atom. The van der Waals surface area contributed by atoms with Gasteiger partial charge in [0.2, 0.25) is 11.9 Å². The van der Waals surface area contributed by atoms with Gasteiger partial charge < -0.3 is 15.0 Å². The molecule has 6 heteroatoms. The van der Waals surface area contributed by atoms with E-state index >= 15 is 0 Å². The number of imidazole rings is 1. The third kappa shape index (κ3) is 2.45. The van der Waals surface area contributed by atoms with Crippen LogP contribution >= 0.6 is 0 Å². The molecule has 0 radical (unpaired) electrons. The Kier molecular flexibility index (Phi) is 3.18. The van der Waals surface area contributed by atoms with Crippen molar-refractivity contribution in [2.45, 2.75) is 19.1 Å². The maximum Gasteiger partial charge on any atom is 0.246 e. The number of ether oxygens (including phenoxy) is 1. The van der Waals surface area contributed by atoms with Crippen molar-refractivity contribution in [3.8, 4) is 0 Å². The van der Waals surface area contributed by atoms with Crippen LogP contribution in [0, 0.1) is 0 Å². The van der Waals surface area contributed by atoms with Crippen LogP contribution in [0.2, 0.25) is 0 Å².